The highest BCUT2D eigenvalue weighted by atomic mass is 16.6. The second kappa shape index (κ2) is 5.40. The Morgan fingerprint density at radius 3 is 2.80 bits per heavy atom. The molecule has 2 rings (SSSR count). The van der Waals surface area contributed by atoms with E-state index in [0.717, 1.165) is 18.5 Å². The maximum atomic E-state index is 12.2. The number of rotatable bonds is 1. The molecule has 1 aromatic rings. The fourth-order valence-corrected chi connectivity index (χ4v) is 2.43. The van der Waals surface area contributed by atoms with Gasteiger partial charge in [-0.05, 0) is 45.7 Å². The molecule has 0 aliphatic carbocycles. The van der Waals surface area contributed by atoms with Gasteiger partial charge in [-0.3, -0.25) is 4.98 Å². The minimum Gasteiger partial charge on any atom is -0.444 e. The van der Waals surface area contributed by atoms with E-state index in [9.17, 15) is 4.79 Å². The average Bonchev–Trinajstić information content (AvgIpc) is 2.38. The standard InChI is InChI=1S/C15H23N3O2/c1-14(2,3)20-13(19)18-10-6-8-15(16,11-18)12-7-4-5-9-17-12/h4-5,7,9H,6,8,10-11,16H2,1-3H3. The highest BCUT2D eigenvalue weighted by Crippen LogP contribution is 2.28. The number of likely N-dealkylation sites (tertiary alicyclic amines) is 1. The summed E-state index contributed by atoms with van der Waals surface area (Å²) in [6.45, 7) is 6.72. The van der Waals surface area contributed by atoms with Crippen molar-refractivity contribution < 1.29 is 9.53 Å². The molecule has 0 bridgehead atoms. The zero-order valence-corrected chi connectivity index (χ0v) is 12.4. The molecule has 2 N–H and O–H groups in total. The van der Waals surface area contributed by atoms with Gasteiger partial charge in [-0.1, -0.05) is 6.07 Å². The number of pyridine rings is 1. The van der Waals surface area contributed by atoms with Crippen LogP contribution >= 0.6 is 0 Å². The van der Waals surface area contributed by atoms with Gasteiger partial charge >= 0.3 is 6.09 Å². The number of piperidine rings is 1. The quantitative estimate of drug-likeness (QED) is 0.855. The van der Waals surface area contributed by atoms with Crippen molar-refractivity contribution in [1.82, 2.24) is 9.88 Å². The van der Waals surface area contributed by atoms with Gasteiger partial charge in [0.1, 0.15) is 5.60 Å². The lowest BCUT2D eigenvalue weighted by Gasteiger charge is -2.40. The summed E-state index contributed by atoms with van der Waals surface area (Å²) in [5.74, 6) is 0. The minimum atomic E-state index is -0.587. The molecule has 0 spiro atoms. The molecule has 5 nitrogen and oxygen atoms in total. The molecule has 1 aliphatic rings. The summed E-state index contributed by atoms with van der Waals surface area (Å²) in [6, 6.07) is 5.70. The average molecular weight is 277 g/mol. The number of carbonyl (C=O) groups excluding carboxylic acids is 1. The molecule has 0 saturated carbocycles. The fraction of sp³-hybridized carbons (Fsp3) is 0.600. The van der Waals surface area contributed by atoms with Crippen molar-refractivity contribution in [3.63, 3.8) is 0 Å². The van der Waals surface area contributed by atoms with Crippen molar-refractivity contribution in [2.45, 2.75) is 44.8 Å². The summed E-state index contributed by atoms with van der Waals surface area (Å²) in [7, 11) is 0. The van der Waals surface area contributed by atoms with Crippen molar-refractivity contribution >= 4 is 6.09 Å². The van der Waals surface area contributed by atoms with E-state index >= 15 is 0 Å². The predicted molar refractivity (Wildman–Crippen MR) is 77.1 cm³/mol. The first-order chi connectivity index (χ1) is 9.30. The molecule has 1 amide bonds. The van der Waals surface area contributed by atoms with E-state index in [-0.39, 0.29) is 6.09 Å². The van der Waals surface area contributed by atoms with Gasteiger partial charge in [0.15, 0.2) is 0 Å². The topological polar surface area (TPSA) is 68.5 Å². The van der Waals surface area contributed by atoms with Crippen molar-refractivity contribution in [2.24, 2.45) is 5.73 Å². The van der Waals surface area contributed by atoms with E-state index in [1.54, 1.807) is 11.1 Å². The van der Waals surface area contributed by atoms with Crippen LogP contribution in [0.1, 0.15) is 39.3 Å². The number of hydrogen-bond acceptors (Lipinski definition) is 4. The minimum absolute atomic E-state index is 0.303. The third-order valence-electron chi connectivity index (χ3n) is 3.35. The summed E-state index contributed by atoms with van der Waals surface area (Å²) in [6.07, 6.45) is 3.11. The third-order valence-corrected chi connectivity index (χ3v) is 3.35. The second-order valence-corrected chi connectivity index (χ2v) is 6.38. The summed E-state index contributed by atoms with van der Waals surface area (Å²) in [5, 5.41) is 0. The monoisotopic (exact) mass is 277 g/mol. The van der Waals surface area contributed by atoms with Crippen LogP contribution in [0.15, 0.2) is 24.4 Å². The van der Waals surface area contributed by atoms with Gasteiger partial charge in [-0.25, -0.2) is 4.79 Å². The molecule has 20 heavy (non-hydrogen) atoms. The van der Waals surface area contributed by atoms with Crippen LogP contribution in [-0.2, 0) is 10.3 Å². The van der Waals surface area contributed by atoms with E-state index in [2.05, 4.69) is 4.98 Å². The summed E-state index contributed by atoms with van der Waals surface area (Å²) >= 11 is 0. The van der Waals surface area contributed by atoms with E-state index < -0.39 is 11.1 Å². The summed E-state index contributed by atoms with van der Waals surface area (Å²) < 4.78 is 5.42. The molecule has 1 saturated heterocycles. The highest BCUT2D eigenvalue weighted by Gasteiger charge is 2.37. The van der Waals surface area contributed by atoms with Gasteiger partial charge in [-0.15, -0.1) is 0 Å². The number of nitrogens with two attached hydrogens (primary N) is 1. The van der Waals surface area contributed by atoms with Gasteiger partial charge in [-0.2, -0.15) is 0 Å². The molecule has 1 fully saturated rings. The first kappa shape index (κ1) is 14.8. The van der Waals surface area contributed by atoms with E-state index in [1.165, 1.54) is 0 Å². The largest absolute Gasteiger partial charge is 0.444 e. The normalized spacial score (nSPS) is 23.5. The van der Waals surface area contributed by atoms with Gasteiger partial charge in [0, 0.05) is 19.3 Å². The Labute approximate surface area is 120 Å². The maximum Gasteiger partial charge on any atom is 0.410 e. The van der Waals surface area contributed by atoms with Crippen LogP contribution in [-0.4, -0.2) is 34.7 Å². The molecule has 5 heteroatoms. The molecule has 1 aliphatic heterocycles. The molecule has 0 aromatic carbocycles. The molecule has 110 valence electrons. The van der Waals surface area contributed by atoms with Crippen LogP contribution in [0.25, 0.3) is 0 Å². The third kappa shape index (κ3) is 3.48. The molecule has 1 aromatic heterocycles. The number of carbonyl (C=O) groups is 1. The number of amides is 1. The predicted octanol–water partition coefficient (Wildman–Crippen LogP) is 2.27. The Kier molecular flexibility index (Phi) is 3.99. The SMILES string of the molecule is CC(C)(C)OC(=O)N1CCCC(N)(c2ccccn2)C1. The van der Waals surface area contributed by atoms with Crippen LogP contribution in [0.3, 0.4) is 0 Å². The molecular formula is C15H23N3O2. The fourth-order valence-electron chi connectivity index (χ4n) is 2.43. The van der Waals surface area contributed by atoms with Crippen molar-refractivity contribution in [3.8, 4) is 0 Å². The smallest absolute Gasteiger partial charge is 0.410 e. The van der Waals surface area contributed by atoms with Gasteiger partial charge in [0.2, 0.25) is 0 Å². The summed E-state index contributed by atoms with van der Waals surface area (Å²) in [5.41, 5.74) is 6.21. The van der Waals surface area contributed by atoms with Crippen molar-refractivity contribution in [1.29, 1.82) is 0 Å². The van der Waals surface area contributed by atoms with E-state index in [4.69, 9.17) is 10.5 Å². The highest BCUT2D eigenvalue weighted by molar-refractivity contribution is 5.68. The lowest BCUT2D eigenvalue weighted by molar-refractivity contribution is 0.0134. The Hall–Kier alpha value is -1.62. The summed E-state index contributed by atoms with van der Waals surface area (Å²) in [4.78, 5) is 18.2. The zero-order valence-electron chi connectivity index (χ0n) is 12.4. The van der Waals surface area contributed by atoms with Crippen LogP contribution < -0.4 is 5.73 Å². The number of nitrogens with zero attached hydrogens (tertiary/aromatic N) is 2. The Bertz CT molecular complexity index is 470. The maximum absolute atomic E-state index is 12.2. The zero-order chi connectivity index (χ0) is 14.8. The molecular weight excluding hydrogens is 254 g/mol. The molecule has 2 heterocycles. The van der Waals surface area contributed by atoms with E-state index in [1.807, 2.05) is 39.0 Å². The Balaban J connectivity index is 2.11. The molecule has 1 unspecified atom stereocenters. The first-order valence-corrected chi connectivity index (χ1v) is 6.98. The van der Waals surface area contributed by atoms with Crippen LogP contribution in [0.2, 0.25) is 0 Å². The van der Waals surface area contributed by atoms with Crippen LogP contribution in [0.5, 0.6) is 0 Å². The van der Waals surface area contributed by atoms with Crippen LogP contribution in [0, 0.1) is 0 Å². The lowest BCUT2D eigenvalue weighted by Crippen LogP contribution is -2.54. The van der Waals surface area contributed by atoms with Gasteiger partial charge in [0.25, 0.3) is 0 Å². The van der Waals surface area contributed by atoms with Crippen molar-refractivity contribution in [3.05, 3.63) is 30.1 Å². The molecule has 1 atom stereocenters. The number of hydrogen-bond donors (Lipinski definition) is 1. The van der Waals surface area contributed by atoms with Crippen molar-refractivity contribution in [2.75, 3.05) is 13.1 Å². The number of aromatic nitrogens is 1. The van der Waals surface area contributed by atoms with Crippen LogP contribution in [0.4, 0.5) is 4.79 Å². The van der Waals surface area contributed by atoms with E-state index in [0.29, 0.717) is 13.1 Å². The molecule has 0 radical (unpaired) electrons. The van der Waals surface area contributed by atoms with Gasteiger partial charge in [0.05, 0.1) is 11.2 Å². The lowest BCUT2D eigenvalue weighted by atomic mass is 9.86. The van der Waals surface area contributed by atoms with Gasteiger partial charge < -0.3 is 15.4 Å². The Morgan fingerprint density at radius 2 is 2.20 bits per heavy atom. The second-order valence-electron chi connectivity index (χ2n) is 6.38. The Morgan fingerprint density at radius 1 is 1.45 bits per heavy atom. The number of ether oxygens (including phenoxy) is 1. The first-order valence-electron chi connectivity index (χ1n) is 6.98.